The molecule has 0 unspecified atom stereocenters. The minimum absolute atomic E-state index is 0.160. The van der Waals surface area contributed by atoms with E-state index in [4.69, 9.17) is 25.8 Å². The van der Waals surface area contributed by atoms with E-state index in [1.54, 1.807) is 45.2 Å². The van der Waals surface area contributed by atoms with Gasteiger partial charge in [0.05, 0.1) is 13.7 Å². The monoisotopic (exact) mass is 405 g/mol. The van der Waals surface area contributed by atoms with Gasteiger partial charge in [-0.1, -0.05) is 17.7 Å². The molecule has 0 aliphatic carbocycles. The van der Waals surface area contributed by atoms with Crippen LogP contribution in [0.2, 0.25) is 5.02 Å². The normalized spacial score (nSPS) is 11.0. The van der Waals surface area contributed by atoms with Gasteiger partial charge in [0.15, 0.2) is 17.1 Å². The maximum Gasteiger partial charge on any atom is 0.263 e. The number of nitrogens with one attached hydrogen (secondary N) is 1. The van der Waals surface area contributed by atoms with E-state index in [-0.39, 0.29) is 5.91 Å². The number of hydrogen-bond donors (Lipinski definition) is 1. The van der Waals surface area contributed by atoms with Crippen LogP contribution in [0.1, 0.15) is 32.8 Å². The second-order valence-corrected chi connectivity index (χ2v) is 7.28. The third-order valence-corrected chi connectivity index (χ3v) is 4.44. The zero-order valence-electron chi connectivity index (χ0n) is 16.9. The molecule has 1 N–H and O–H groups in total. The number of methoxy groups -OCH3 is 1. The Hall–Kier alpha value is -2.40. The molecule has 152 valence electrons. The number of amides is 1. The summed E-state index contributed by atoms with van der Waals surface area (Å²) >= 11 is 5.87. The van der Waals surface area contributed by atoms with E-state index < -0.39 is 5.60 Å². The van der Waals surface area contributed by atoms with Gasteiger partial charge in [0, 0.05) is 11.6 Å². The standard InChI is InChI=1S/C22H28ClNO4/c1-5-27-19-13-8-16(15-20(19)26-4)7-6-14-24-21(25)22(2,3)28-18-11-9-17(23)10-12-18/h8-13,15H,5-7,14H2,1-4H3,(H,24,25). The molecule has 1 amide bonds. The molecule has 0 saturated heterocycles. The van der Waals surface area contributed by atoms with Crippen molar-refractivity contribution in [3.05, 3.63) is 53.1 Å². The average Bonchev–Trinajstić information content (AvgIpc) is 2.67. The summed E-state index contributed by atoms with van der Waals surface area (Å²) in [5, 5.41) is 3.56. The zero-order valence-corrected chi connectivity index (χ0v) is 17.6. The van der Waals surface area contributed by atoms with Crippen LogP contribution in [-0.2, 0) is 11.2 Å². The van der Waals surface area contributed by atoms with E-state index in [1.807, 2.05) is 25.1 Å². The summed E-state index contributed by atoms with van der Waals surface area (Å²) in [6, 6.07) is 12.9. The Kier molecular flexibility index (Phi) is 8.00. The summed E-state index contributed by atoms with van der Waals surface area (Å²) in [6.07, 6.45) is 1.63. The predicted molar refractivity (Wildman–Crippen MR) is 112 cm³/mol. The van der Waals surface area contributed by atoms with Crippen molar-refractivity contribution < 1.29 is 19.0 Å². The second-order valence-electron chi connectivity index (χ2n) is 6.84. The summed E-state index contributed by atoms with van der Waals surface area (Å²) in [5.74, 6) is 1.90. The Morgan fingerprint density at radius 3 is 2.46 bits per heavy atom. The number of halogens is 1. The highest BCUT2D eigenvalue weighted by Gasteiger charge is 2.29. The van der Waals surface area contributed by atoms with Gasteiger partial charge in [-0.2, -0.15) is 0 Å². The molecule has 0 heterocycles. The molecule has 0 saturated carbocycles. The Morgan fingerprint density at radius 2 is 1.82 bits per heavy atom. The van der Waals surface area contributed by atoms with Crippen LogP contribution in [-0.4, -0.2) is 31.8 Å². The maximum atomic E-state index is 12.5. The summed E-state index contributed by atoms with van der Waals surface area (Å²) in [6.45, 7) is 6.58. The van der Waals surface area contributed by atoms with Crippen LogP contribution >= 0.6 is 11.6 Å². The lowest BCUT2D eigenvalue weighted by atomic mass is 10.1. The lowest BCUT2D eigenvalue weighted by molar-refractivity contribution is -0.134. The van der Waals surface area contributed by atoms with Crippen LogP contribution in [0.4, 0.5) is 0 Å². The first-order valence-corrected chi connectivity index (χ1v) is 9.76. The highest BCUT2D eigenvalue weighted by atomic mass is 35.5. The molecule has 0 spiro atoms. The van der Waals surface area contributed by atoms with Crippen LogP contribution in [0.5, 0.6) is 17.2 Å². The maximum absolute atomic E-state index is 12.5. The van der Waals surface area contributed by atoms with Crippen molar-refractivity contribution in [2.45, 2.75) is 39.2 Å². The Morgan fingerprint density at radius 1 is 1.11 bits per heavy atom. The highest BCUT2D eigenvalue weighted by molar-refractivity contribution is 6.30. The number of rotatable bonds is 10. The first kappa shape index (κ1) is 21.9. The van der Waals surface area contributed by atoms with Crippen molar-refractivity contribution in [3.63, 3.8) is 0 Å². The number of ether oxygens (including phenoxy) is 3. The van der Waals surface area contributed by atoms with Gasteiger partial charge in [0.2, 0.25) is 0 Å². The highest BCUT2D eigenvalue weighted by Crippen LogP contribution is 2.28. The molecule has 2 aromatic rings. The number of carbonyl (C=O) groups excluding carboxylic acids is 1. The van der Waals surface area contributed by atoms with Crippen LogP contribution in [0.25, 0.3) is 0 Å². The average molecular weight is 406 g/mol. The van der Waals surface area contributed by atoms with Crippen molar-refractivity contribution >= 4 is 17.5 Å². The SMILES string of the molecule is CCOc1ccc(CCCNC(=O)C(C)(C)Oc2ccc(Cl)cc2)cc1OC. The number of hydrogen-bond acceptors (Lipinski definition) is 4. The molecule has 0 aromatic heterocycles. The van der Waals surface area contributed by atoms with E-state index in [0.717, 1.165) is 29.9 Å². The van der Waals surface area contributed by atoms with Gasteiger partial charge in [-0.05, 0) is 75.6 Å². The first-order chi connectivity index (χ1) is 13.4. The fourth-order valence-electron chi connectivity index (χ4n) is 2.69. The van der Waals surface area contributed by atoms with Gasteiger partial charge < -0.3 is 19.5 Å². The second kappa shape index (κ2) is 10.2. The number of aryl methyl sites for hydroxylation is 1. The molecule has 0 aliphatic heterocycles. The third-order valence-electron chi connectivity index (χ3n) is 4.19. The summed E-state index contributed by atoms with van der Waals surface area (Å²) < 4.78 is 16.7. The predicted octanol–water partition coefficient (Wildman–Crippen LogP) is 4.65. The fourth-order valence-corrected chi connectivity index (χ4v) is 2.82. The molecule has 2 aromatic carbocycles. The van der Waals surface area contributed by atoms with E-state index in [9.17, 15) is 4.79 Å². The fraction of sp³-hybridized carbons (Fsp3) is 0.409. The van der Waals surface area contributed by atoms with Gasteiger partial charge in [0.1, 0.15) is 5.75 Å². The largest absolute Gasteiger partial charge is 0.493 e. The summed E-state index contributed by atoms with van der Waals surface area (Å²) in [4.78, 5) is 12.5. The molecular formula is C22H28ClNO4. The van der Waals surface area contributed by atoms with E-state index in [0.29, 0.717) is 23.9 Å². The number of benzene rings is 2. The first-order valence-electron chi connectivity index (χ1n) is 9.38. The van der Waals surface area contributed by atoms with Crippen LogP contribution < -0.4 is 19.5 Å². The van der Waals surface area contributed by atoms with E-state index >= 15 is 0 Å². The smallest absolute Gasteiger partial charge is 0.263 e. The lowest BCUT2D eigenvalue weighted by Crippen LogP contribution is -2.46. The van der Waals surface area contributed by atoms with Crippen molar-refractivity contribution in [3.8, 4) is 17.2 Å². The molecule has 2 rings (SSSR count). The molecule has 0 atom stereocenters. The summed E-state index contributed by atoms with van der Waals surface area (Å²) in [5.41, 5.74) is 0.155. The van der Waals surface area contributed by atoms with Crippen molar-refractivity contribution in [1.29, 1.82) is 0 Å². The van der Waals surface area contributed by atoms with E-state index in [2.05, 4.69) is 5.32 Å². The molecular weight excluding hydrogens is 378 g/mol. The molecule has 5 nitrogen and oxygen atoms in total. The molecule has 0 fully saturated rings. The Labute approximate surface area is 171 Å². The van der Waals surface area contributed by atoms with Crippen LogP contribution in [0.15, 0.2) is 42.5 Å². The van der Waals surface area contributed by atoms with Gasteiger partial charge in [-0.15, -0.1) is 0 Å². The lowest BCUT2D eigenvalue weighted by Gasteiger charge is -2.25. The van der Waals surface area contributed by atoms with E-state index in [1.165, 1.54) is 0 Å². The molecule has 0 radical (unpaired) electrons. The summed E-state index contributed by atoms with van der Waals surface area (Å²) in [7, 11) is 1.63. The zero-order chi connectivity index (χ0) is 20.6. The van der Waals surface area contributed by atoms with Crippen LogP contribution in [0, 0.1) is 0 Å². The molecule has 28 heavy (non-hydrogen) atoms. The minimum atomic E-state index is -0.976. The molecule has 6 heteroatoms. The Bertz CT molecular complexity index is 775. The Balaban J connectivity index is 1.82. The van der Waals surface area contributed by atoms with Crippen molar-refractivity contribution in [2.24, 2.45) is 0 Å². The third kappa shape index (κ3) is 6.34. The van der Waals surface area contributed by atoms with Gasteiger partial charge in [-0.25, -0.2) is 0 Å². The number of carbonyl (C=O) groups is 1. The van der Waals surface area contributed by atoms with Crippen molar-refractivity contribution in [2.75, 3.05) is 20.3 Å². The minimum Gasteiger partial charge on any atom is -0.493 e. The van der Waals surface area contributed by atoms with Gasteiger partial charge in [-0.3, -0.25) is 4.79 Å². The van der Waals surface area contributed by atoms with Gasteiger partial charge in [0.25, 0.3) is 5.91 Å². The molecule has 0 aliphatic rings. The van der Waals surface area contributed by atoms with Gasteiger partial charge >= 0.3 is 0 Å². The van der Waals surface area contributed by atoms with Crippen LogP contribution in [0.3, 0.4) is 0 Å². The quantitative estimate of drug-likeness (QED) is 0.584. The topological polar surface area (TPSA) is 56.8 Å². The van der Waals surface area contributed by atoms with Crippen molar-refractivity contribution in [1.82, 2.24) is 5.32 Å². The molecule has 0 bridgehead atoms.